The van der Waals surface area contributed by atoms with Crippen LogP contribution >= 0.6 is 0 Å². The highest BCUT2D eigenvalue weighted by Gasteiger charge is 2.56. The number of piperidine rings is 1. The van der Waals surface area contributed by atoms with E-state index >= 15 is 0 Å². The number of carbonyl (C=O) groups excluding carboxylic acids is 2. The fourth-order valence-corrected chi connectivity index (χ4v) is 5.80. The third-order valence-corrected chi connectivity index (χ3v) is 7.49. The van der Waals surface area contributed by atoms with Gasteiger partial charge >= 0.3 is 0 Å². The van der Waals surface area contributed by atoms with Crippen molar-refractivity contribution in [3.8, 4) is 6.07 Å². The van der Waals surface area contributed by atoms with Crippen molar-refractivity contribution in [3.63, 3.8) is 0 Å². The molecule has 3 heterocycles. The topological polar surface area (TPSA) is 98.0 Å². The molecule has 4 fully saturated rings. The summed E-state index contributed by atoms with van der Waals surface area (Å²) >= 11 is 0. The second-order valence-electron chi connectivity index (χ2n) is 9.28. The summed E-state index contributed by atoms with van der Waals surface area (Å²) in [5, 5.41) is 9.35. The van der Waals surface area contributed by atoms with Crippen molar-refractivity contribution < 1.29 is 9.59 Å². The number of hydrogen-bond acceptors (Lipinski definition) is 5. The number of piperazine rings is 1. The smallest absolute Gasteiger partial charge is 0.242 e. The van der Waals surface area contributed by atoms with E-state index in [9.17, 15) is 14.9 Å². The van der Waals surface area contributed by atoms with Crippen LogP contribution in [0.4, 0.5) is 5.69 Å². The maximum absolute atomic E-state index is 13.1. The van der Waals surface area contributed by atoms with Gasteiger partial charge < -0.3 is 15.5 Å². The number of nitriles is 1. The van der Waals surface area contributed by atoms with Gasteiger partial charge in [0, 0.05) is 25.2 Å². The van der Waals surface area contributed by atoms with Crippen molar-refractivity contribution in [2.45, 2.75) is 62.4 Å². The highest BCUT2D eigenvalue weighted by atomic mass is 16.2. The van der Waals surface area contributed by atoms with Gasteiger partial charge in [-0.1, -0.05) is 24.3 Å². The highest BCUT2D eigenvalue weighted by Crippen LogP contribution is 2.48. The average Bonchev–Trinajstić information content (AvgIpc) is 3.11. The minimum atomic E-state index is -0.714. The Balaban J connectivity index is 1.23. The van der Waals surface area contributed by atoms with Crippen molar-refractivity contribution in [2.75, 3.05) is 13.1 Å². The van der Waals surface area contributed by atoms with Gasteiger partial charge in [0.15, 0.2) is 5.69 Å². The zero-order valence-corrected chi connectivity index (χ0v) is 17.5. The molecular formula is C23H26N6O2. The van der Waals surface area contributed by atoms with Crippen molar-refractivity contribution >= 4 is 17.5 Å². The van der Waals surface area contributed by atoms with Crippen molar-refractivity contribution in [2.24, 2.45) is 11.7 Å². The van der Waals surface area contributed by atoms with E-state index in [0.29, 0.717) is 24.7 Å². The van der Waals surface area contributed by atoms with E-state index in [0.717, 1.165) is 24.8 Å². The number of nitrogens with zero attached hydrogens (tertiary/aromatic N) is 5. The normalized spacial score (nSPS) is 33.0. The summed E-state index contributed by atoms with van der Waals surface area (Å²) in [6.07, 6.45) is 2.49. The maximum Gasteiger partial charge on any atom is 0.242 e. The van der Waals surface area contributed by atoms with Gasteiger partial charge in [0.05, 0.1) is 30.8 Å². The van der Waals surface area contributed by atoms with Crippen LogP contribution in [0.3, 0.4) is 0 Å². The first-order valence-electron chi connectivity index (χ1n) is 10.9. The van der Waals surface area contributed by atoms with Gasteiger partial charge in [0.25, 0.3) is 0 Å². The molecule has 2 bridgehead atoms. The summed E-state index contributed by atoms with van der Waals surface area (Å²) in [5.41, 5.74) is 7.88. The molecule has 5 rings (SSSR count). The molecule has 7 atom stereocenters. The van der Waals surface area contributed by atoms with Gasteiger partial charge in [0.1, 0.15) is 6.04 Å². The van der Waals surface area contributed by atoms with Crippen LogP contribution in [0.2, 0.25) is 0 Å². The molecule has 1 saturated carbocycles. The fourth-order valence-electron chi connectivity index (χ4n) is 5.80. The molecule has 2 N–H and O–H groups in total. The molecule has 2 amide bonds. The van der Waals surface area contributed by atoms with Gasteiger partial charge in [0.2, 0.25) is 11.8 Å². The molecule has 8 nitrogen and oxygen atoms in total. The summed E-state index contributed by atoms with van der Waals surface area (Å²) in [6.45, 7) is 10.2. The summed E-state index contributed by atoms with van der Waals surface area (Å²) in [6, 6.07) is 8.54. The molecule has 1 aromatic carbocycles. The zero-order chi connectivity index (χ0) is 21.9. The average molecular weight is 419 g/mol. The minimum Gasteiger partial charge on any atom is -0.330 e. The standard InChI is InChI=1S/C23H26N6O2/c1-13(14-3-5-16(26-2)6-4-14)28-18-9-21(23(28)31)27(11-18)12-19(25)22(30)29-17(10-24)7-15-8-20(15)29/h3-6,13,15,17-21H,7-9,11-12,25H2,1H3/t13-,15-,17+,18+,19+,20+,21+/m1/s1. The van der Waals surface area contributed by atoms with E-state index < -0.39 is 6.04 Å². The Morgan fingerprint density at radius 2 is 2.06 bits per heavy atom. The van der Waals surface area contributed by atoms with E-state index in [4.69, 9.17) is 12.3 Å². The van der Waals surface area contributed by atoms with Crippen molar-refractivity contribution in [1.82, 2.24) is 14.7 Å². The zero-order valence-electron chi connectivity index (χ0n) is 17.5. The third-order valence-electron chi connectivity index (χ3n) is 7.49. The molecule has 8 heteroatoms. The highest BCUT2D eigenvalue weighted by molar-refractivity contribution is 5.87. The van der Waals surface area contributed by atoms with E-state index in [1.165, 1.54) is 0 Å². The molecule has 0 aromatic heterocycles. The molecule has 0 spiro atoms. The lowest BCUT2D eigenvalue weighted by atomic mass is 10.0. The lowest BCUT2D eigenvalue weighted by molar-refractivity contribution is -0.141. The molecule has 1 aliphatic carbocycles. The number of nitrogens with two attached hydrogens (primary N) is 1. The van der Waals surface area contributed by atoms with E-state index in [2.05, 4.69) is 10.9 Å². The molecule has 3 aliphatic heterocycles. The van der Waals surface area contributed by atoms with Crippen LogP contribution < -0.4 is 5.73 Å². The number of hydrogen-bond donors (Lipinski definition) is 1. The predicted octanol–water partition coefficient (Wildman–Crippen LogP) is 1.42. The quantitative estimate of drug-likeness (QED) is 0.730. The molecular weight excluding hydrogens is 392 g/mol. The van der Waals surface area contributed by atoms with E-state index in [1.54, 1.807) is 17.0 Å². The summed E-state index contributed by atoms with van der Waals surface area (Å²) in [7, 11) is 0. The van der Waals surface area contributed by atoms with Crippen LogP contribution in [-0.4, -0.2) is 69.8 Å². The fraction of sp³-hybridized carbons (Fsp3) is 0.565. The number of rotatable bonds is 5. The summed E-state index contributed by atoms with van der Waals surface area (Å²) in [5.74, 6) is 0.386. The first-order chi connectivity index (χ1) is 14.9. The van der Waals surface area contributed by atoms with Crippen molar-refractivity contribution in [3.05, 3.63) is 41.2 Å². The number of carbonyl (C=O) groups is 2. The second kappa shape index (κ2) is 7.33. The Hall–Kier alpha value is -2.94. The second-order valence-corrected chi connectivity index (χ2v) is 9.28. The number of fused-ring (bicyclic) bond motifs is 3. The third kappa shape index (κ3) is 3.18. The van der Waals surface area contributed by atoms with Crippen LogP contribution in [0.5, 0.6) is 0 Å². The van der Waals surface area contributed by atoms with Gasteiger partial charge in [-0.25, -0.2) is 4.85 Å². The molecule has 4 aliphatic rings. The van der Waals surface area contributed by atoms with E-state index in [-0.39, 0.29) is 42.0 Å². The monoisotopic (exact) mass is 418 g/mol. The Morgan fingerprint density at radius 3 is 2.71 bits per heavy atom. The van der Waals surface area contributed by atoms with Gasteiger partial charge in [-0.2, -0.15) is 5.26 Å². The van der Waals surface area contributed by atoms with E-state index in [1.807, 2.05) is 28.9 Å². The first-order valence-corrected chi connectivity index (χ1v) is 10.9. The Morgan fingerprint density at radius 1 is 1.32 bits per heavy atom. The van der Waals surface area contributed by atoms with Gasteiger partial charge in [-0.05, 0) is 37.7 Å². The molecule has 0 unspecified atom stereocenters. The first kappa shape index (κ1) is 20.0. The largest absolute Gasteiger partial charge is 0.330 e. The number of amides is 2. The Labute approximate surface area is 182 Å². The van der Waals surface area contributed by atoms with Crippen molar-refractivity contribution in [1.29, 1.82) is 5.26 Å². The Kier molecular flexibility index (Phi) is 4.73. The molecule has 160 valence electrons. The lowest BCUT2D eigenvalue weighted by Gasteiger charge is -2.38. The molecule has 31 heavy (non-hydrogen) atoms. The molecule has 1 aromatic rings. The maximum atomic E-state index is 13.1. The number of benzene rings is 1. The lowest BCUT2D eigenvalue weighted by Crippen LogP contribution is -2.57. The summed E-state index contributed by atoms with van der Waals surface area (Å²) < 4.78 is 0. The van der Waals surface area contributed by atoms with Crippen LogP contribution in [0.1, 0.15) is 37.8 Å². The van der Waals surface area contributed by atoms with Crippen LogP contribution in [0.15, 0.2) is 24.3 Å². The minimum absolute atomic E-state index is 0.0625. The Bertz CT molecular complexity index is 995. The SMILES string of the molecule is [C-]#[N+]c1ccc([C@@H](C)N2C(=O)[C@@H]3C[C@H]2CN3C[C@H](N)C(=O)N2[C@H](C#N)C[C@@H]3C[C@@H]32)cc1. The summed E-state index contributed by atoms with van der Waals surface area (Å²) in [4.78, 5) is 35.2. The molecule has 0 radical (unpaired) electrons. The van der Waals surface area contributed by atoms with Crippen LogP contribution in [0, 0.1) is 23.8 Å². The number of likely N-dealkylation sites (tertiary alicyclic amines) is 3. The molecule has 3 saturated heterocycles. The predicted molar refractivity (Wildman–Crippen MR) is 112 cm³/mol. The van der Waals surface area contributed by atoms with Gasteiger partial charge in [-0.15, -0.1) is 0 Å². The van der Waals surface area contributed by atoms with Crippen LogP contribution in [0.25, 0.3) is 4.85 Å². The van der Waals surface area contributed by atoms with Crippen LogP contribution in [-0.2, 0) is 9.59 Å². The van der Waals surface area contributed by atoms with Gasteiger partial charge in [-0.3, -0.25) is 14.5 Å².